The molecule has 24 heavy (non-hydrogen) atoms. The lowest BCUT2D eigenvalue weighted by Crippen LogP contribution is -2.14. The van der Waals surface area contributed by atoms with Crippen LogP contribution in [0.5, 0.6) is 5.75 Å². The zero-order valence-electron chi connectivity index (χ0n) is 12.1. The second-order valence-electron chi connectivity index (χ2n) is 4.58. The number of pyridine rings is 1. The molecule has 0 radical (unpaired) electrons. The Morgan fingerprint density at radius 1 is 1.12 bits per heavy atom. The van der Waals surface area contributed by atoms with Crippen LogP contribution in [0.25, 0.3) is 5.69 Å². The highest BCUT2D eigenvalue weighted by Crippen LogP contribution is 2.17. The molecule has 0 fully saturated rings. The van der Waals surface area contributed by atoms with Gasteiger partial charge in [0, 0.05) is 18.1 Å². The molecule has 0 bridgehead atoms. The highest BCUT2D eigenvalue weighted by Gasteiger charge is 2.12. The van der Waals surface area contributed by atoms with E-state index in [1.807, 2.05) is 0 Å². The van der Waals surface area contributed by atoms with Gasteiger partial charge in [0.1, 0.15) is 12.1 Å². The molecule has 3 rings (SSSR count). The Hall–Kier alpha value is -3.36. The summed E-state index contributed by atoms with van der Waals surface area (Å²) in [5.41, 5.74) is 1.12. The van der Waals surface area contributed by atoms with Crippen molar-refractivity contribution in [1.29, 1.82) is 0 Å². The molecule has 9 heteroatoms. The van der Waals surface area contributed by atoms with Gasteiger partial charge in [0.25, 0.3) is 5.91 Å². The van der Waals surface area contributed by atoms with E-state index < -0.39 is 12.5 Å². The van der Waals surface area contributed by atoms with Gasteiger partial charge in [-0.1, -0.05) is 0 Å². The van der Waals surface area contributed by atoms with Crippen molar-refractivity contribution in [3.8, 4) is 11.4 Å². The Morgan fingerprint density at radius 3 is 2.50 bits per heavy atom. The Labute approximate surface area is 134 Å². The van der Waals surface area contributed by atoms with Crippen molar-refractivity contribution in [2.75, 3.05) is 5.32 Å². The molecule has 3 aromatic rings. The number of ether oxygens (including phenoxy) is 1. The molecule has 0 aliphatic rings. The van der Waals surface area contributed by atoms with Crippen molar-refractivity contribution < 1.29 is 18.3 Å². The predicted molar refractivity (Wildman–Crippen MR) is 80.2 cm³/mol. The highest BCUT2D eigenvalue weighted by molar-refractivity contribution is 6.01. The number of carbonyl (C=O) groups excluding carboxylic acids is 1. The topological polar surface area (TPSA) is 81.9 Å². The Balaban J connectivity index is 1.72. The van der Waals surface area contributed by atoms with E-state index in [4.69, 9.17) is 0 Å². The zero-order chi connectivity index (χ0) is 16.9. The third-order valence-corrected chi connectivity index (χ3v) is 2.96. The first-order valence-electron chi connectivity index (χ1n) is 6.80. The van der Waals surface area contributed by atoms with E-state index in [9.17, 15) is 13.6 Å². The van der Waals surface area contributed by atoms with Crippen molar-refractivity contribution in [2.24, 2.45) is 0 Å². The first-order valence-corrected chi connectivity index (χ1v) is 6.80. The average molecular weight is 331 g/mol. The first-order chi connectivity index (χ1) is 11.6. The zero-order valence-corrected chi connectivity index (χ0v) is 12.1. The number of halogens is 2. The van der Waals surface area contributed by atoms with Crippen LogP contribution in [0.1, 0.15) is 10.6 Å². The SMILES string of the molecule is O=C(Nc1ccncc1)c1ncn(-c2ccc(OC(F)F)cc2)n1. The van der Waals surface area contributed by atoms with Gasteiger partial charge in [-0.3, -0.25) is 9.78 Å². The fourth-order valence-corrected chi connectivity index (χ4v) is 1.89. The number of nitrogens with one attached hydrogen (secondary N) is 1. The standard InChI is InChI=1S/C15H11F2N5O2/c16-15(17)24-12-3-1-11(2-4-12)22-9-19-13(21-22)14(23)20-10-5-7-18-8-6-10/h1-9,15H,(H,18,20,23). The highest BCUT2D eigenvalue weighted by atomic mass is 19.3. The van der Waals surface area contributed by atoms with Crippen LogP contribution in [-0.2, 0) is 0 Å². The molecular formula is C15H11F2N5O2. The Kier molecular flexibility index (Phi) is 4.41. The minimum atomic E-state index is -2.88. The summed E-state index contributed by atoms with van der Waals surface area (Å²) in [6, 6.07) is 9.07. The summed E-state index contributed by atoms with van der Waals surface area (Å²) in [6.07, 6.45) is 4.44. The second kappa shape index (κ2) is 6.82. The summed E-state index contributed by atoms with van der Waals surface area (Å²) in [6.45, 7) is -2.88. The Morgan fingerprint density at radius 2 is 1.83 bits per heavy atom. The molecule has 0 spiro atoms. The van der Waals surface area contributed by atoms with Gasteiger partial charge in [-0.2, -0.15) is 8.78 Å². The maximum atomic E-state index is 12.1. The molecule has 7 nitrogen and oxygen atoms in total. The van der Waals surface area contributed by atoms with Crippen LogP contribution in [0.3, 0.4) is 0 Å². The molecule has 122 valence electrons. The van der Waals surface area contributed by atoms with Crippen LogP contribution in [-0.4, -0.2) is 32.3 Å². The number of nitrogens with zero attached hydrogens (tertiary/aromatic N) is 4. The van der Waals surface area contributed by atoms with Crippen LogP contribution in [0.2, 0.25) is 0 Å². The molecule has 1 aromatic carbocycles. The van der Waals surface area contributed by atoms with E-state index in [0.29, 0.717) is 11.4 Å². The van der Waals surface area contributed by atoms with Gasteiger partial charge in [-0.25, -0.2) is 9.67 Å². The fourth-order valence-electron chi connectivity index (χ4n) is 1.89. The van der Waals surface area contributed by atoms with Gasteiger partial charge in [0.2, 0.25) is 5.82 Å². The molecule has 0 saturated carbocycles. The summed E-state index contributed by atoms with van der Waals surface area (Å²) in [7, 11) is 0. The smallest absolute Gasteiger partial charge is 0.387 e. The molecule has 1 amide bonds. The van der Waals surface area contributed by atoms with E-state index in [-0.39, 0.29) is 11.6 Å². The summed E-state index contributed by atoms with van der Waals surface area (Å²) in [4.78, 5) is 19.8. The number of alkyl halides is 2. The van der Waals surface area contributed by atoms with E-state index >= 15 is 0 Å². The molecular weight excluding hydrogens is 320 g/mol. The molecule has 0 atom stereocenters. The van der Waals surface area contributed by atoms with Crippen LogP contribution >= 0.6 is 0 Å². The summed E-state index contributed by atoms with van der Waals surface area (Å²) in [5.74, 6) is -0.471. The van der Waals surface area contributed by atoms with Crippen LogP contribution in [0, 0.1) is 0 Å². The normalized spacial score (nSPS) is 10.6. The summed E-state index contributed by atoms with van der Waals surface area (Å²) >= 11 is 0. The van der Waals surface area contributed by atoms with Gasteiger partial charge >= 0.3 is 6.61 Å². The summed E-state index contributed by atoms with van der Waals surface area (Å²) in [5, 5.41) is 6.69. The van der Waals surface area contributed by atoms with Crippen molar-refractivity contribution in [3.05, 3.63) is 60.9 Å². The Bertz CT molecular complexity index is 821. The van der Waals surface area contributed by atoms with Gasteiger partial charge in [0.15, 0.2) is 0 Å². The lowest BCUT2D eigenvalue weighted by molar-refractivity contribution is -0.0498. The van der Waals surface area contributed by atoms with Crippen LogP contribution < -0.4 is 10.1 Å². The number of benzene rings is 1. The second-order valence-corrected chi connectivity index (χ2v) is 4.58. The molecule has 0 aliphatic heterocycles. The lowest BCUT2D eigenvalue weighted by atomic mass is 10.3. The maximum Gasteiger partial charge on any atom is 0.387 e. The van der Waals surface area contributed by atoms with E-state index in [2.05, 4.69) is 25.1 Å². The van der Waals surface area contributed by atoms with Crippen LogP contribution in [0.15, 0.2) is 55.1 Å². The molecule has 2 heterocycles. The molecule has 0 unspecified atom stereocenters. The van der Waals surface area contributed by atoms with Crippen molar-refractivity contribution in [3.63, 3.8) is 0 Å². The number of aromatic nitrogens is 4. The quantitative estimate of drug-likeness (QED) is 0.777. The largest absolute Gasteiger partial charge is 0.435 e. The number of amides is 1. The first kappa shape index (κ1) is 15.5. The molecule has 2 aromatic heterocycles. The third kappa shape index (κ3) is 3.69. The van der Waals surface area contributed by atoms with Gasteiger partial charge in [0.05, 0.1) is 5.69 Å². The molecule has 1 N–H and O–H groups in total. The number of hydrogen-bond donors (Lipinski definition) is 1. The van der Waals surface area contributed by atoms with E-state index in [0.717, 1.165) is 0 Å². The molecule has 0 aliphatic carbocycles. The monoisotopic (exact) mass is 331 g/mol. The minimum Gasteiger partial charge on any atom is -0.435 e. The van der Waals surface area contributed by atoms with Gasteiger partial charge in [-0.15, -0.1) is 5.10 Å². The maximum absolute atomic E-state index is 12.1. The number of carbonyl (C=O) groups is 1. The average Bonchev–Trinajstić information content (AvgIpc) is 3.06. The lowest BCUT2D eigenvalue weighted by Gasteiger charge is -2.05. The van der Waals surface area contributed by atoms with Crippen molar-refractivity contribution in [2.45, 2.75) is 6.61 Å². The number of anilines is 1. The summed E-state index contributed by atoms with van der Waals surface area (Å²) < 4.78 is 29.9. The third-order valence-electron chi connectivity index (χ3n) is 2.96. The van der Waals surface area contributed by atoms with Crippen molar-refractivity contribution >= 4 is 11.6 Å². The van der Waals surface area contributed by atoms with Gasteiger partial charge < -0.3 is 10.1 Å². The minimum absolute atomic E-state index is 0.0280. The fraction of sp³-hybridized carbons (Fsp3) is 0.0667. The molecule has 0 saturated heterocycles. The van der Waals surface area contributed by atoms with Crippen molar-refractivity contribution in [1.82, 2.24) is 19.7 Å². The van der Waals surface area contributed by atoms with E-state index in [1.165, 1.54) is 35.3 Å². The number of hydrogen-bond acceptors (Lipinski definition) is 5. The van der Waals surface area contributed by atoms with E-state index in [1.54, 1.807) is 24.5 Å². The van der Waals surface area contributed by atoms with Gasteiger partial charge in [-0.05, 0) is 36.4 Å². The van der Waals surface area contributed by atoms with Crippen LogP contribution in [0.4, 0.5) is 14.5 Å². The number of rotatable bonds is 5. The predicted octanol–water partition coefficient (Wildman–Crippen LogP) is 2.52.